The van der Waals surface area contributed by atoms with E-state index in [1.807, 2.05) is 0 Å². The highest BCUT2D eigenvalue weighted by Crippen LogP contribution is 2.24. The number of nitrogens with zero attached hydrogens (tertiary/aromatic N) is 1. The van der Waals surface area contributed by atoms with Gasteiger partial charge in [0.05, 0.1) is 12.0 Å². The standard InChI is InChI=1S/C14H20FNO4S/c1-10-8-12(15)9-11(2)14(10)21(18,19)16(3)7-5-6-13(17)20-4/h8-9H,5-7H2,1-4H3. The minimum Gasteiger partial charge on any atom is -0.469 e. The number of aryl methyl sites for hydroxylation is 2. The smallest absolute Gasteiger partial charge is 0.305 e. The highest BCUT2D eigenvalue weighted by molar-refractivity contribution is 7.89. The number of methoxy groups -OCH3 is 1. The first kappa shape index (κ1) is 17.6. The van der Waals surface area contributed by atoms with Crippen molar-refractivity contribution in [2.75, 3.05) is 20.7 Å². The number of hydrogen-bond donors (Lipinski definition) is 0. The summed E-state index contributed by atoms with van der Waals surface area (Å²) in [6.07, 6.45) is 0.513. The Balaban J connectivity index is 2.93. The summed E-state index contributed by atoms with van der Waals surface area (Å²) in [6, 6.07) is 2.39. The lowest BCUT2D eigenvalue weighted by Gasteiger charge is -2.20. The quantitative estimate of drug-likeness (QED) is 0.753. The largest absolute Gasteiger partial charge is 0.469 e. The van der Waals surface area contributed by atoms with Gasteiger partial charge in [-0.1, -0.05) is 0 Å². The Morgan fingerprint density at radius 3 is 2.29 bits per heavy atom. The molecule has 0 aliphatic heterocycles. The van der Waals surface area contributed by atoms with Crippen molar-refractivity contribution in [3.05, 3.63) is 29.1 Å². The van der Waals surface area contributed by atoms with E-state index in [2.05, 4.69) is 4.74 Å². The van der Waals surface area contributed by atoms with Gasteiger partial charge in [0.2, 0.25) is 10.0 Å². The SMILES string of the molecule is COC(=O)CCCN(C)S(=O)(=O)c1c(C)cc(F)cc1C. The monoisotopic (exact) mass is 317 g/mol. The molecule has 0 unspecified atom stereocenters. The molecule has 0 fully saturated rings. The van der Waals surface area contributed by atoms with Gasteiger partial charge in [-0.05, 0) is 43.5 Å². The fraction of sp³-hybridized carbons (Fsp3) is 0.500. The van der Waals surface area contributed by atoms with E-state index in [1.165, 1.54) is 30.6 Å². The lowest BCUT2D eigenvalue weighted by Crippen LogP contribution is -2.29. The number of ether oxygens (including phenoxy) is 1. The number of carbonyl (C=O) groups excluding carboxylic acids is 1. The van der Waals surface area contributed by atoms with Crippen molar-refractivity contribution in [1.82, 2.24) is 4.31 Å². The molecule has 1 aromatic rings. The van der Waals surface area contributed by atoms with Crippen LogP contribution in [0.2, 0.25) is 0 Å². The Labute approximate surface area is 124 Å². The molecule has 0 N–H and O–H groups in total. The molecule has 21 heavy (non-hydrogen) atoms. The number of carbonyl (C=O) groups is 1. The zero-order valence-corrected chi connectivity index (χ0v) is 13.5. The van der Waals surface area contributed by atoms with Crippen LogP contribution >= 0.6 is 0 Å². The average Bonchev–Trinajstić information content (AvgIpc) is 2.36. The molecule has 0 spiro atoms. The first-order chi connectivity index (χ1) is 9.70. The molecule has 7 heteroatoms. The third-order valence-corrected chi connectivity index (χ3v) is 5.34. The van der Waals surface area contributed by atoms with Crippen LogP contribution in [-0.4, -0.2) is 39.4 Å². The first-order valence-electron chi connectivity index (χ1n) is 6.50. The number of benzene rings is 1. The van der Waals surface area contributed by atoms with Gasteiger partial charge in [-0.15, -0.1) is 0 Å². The molecule has 118 valence electrons. The number of hydrogen-bond acceptors (Lipinski definition) is 4. The summed E-state index contributed by atoms with van der Waals surface area (Å²) in [5, 5.41) is 0. The van der Waals surface area contributed by atoms with E-state index in [0.29, 0.717) is 17.5 Å². The second-order valence-electron chi connectivity index (χ2n) is 4.87. The molecule has 0 aliphatic rings. The summed E-state index contributed by atoms with van der Waals surface area (Å²) in [5.41, 5.74) is 0.736. The van der Waals surface area contributed by atoms with Gasteiger partial charge in [-0.2, -0.15) is 0 Å². The van der Waals surface area contributed by atoms with Crippen molar-refractivity contribution in [3.63, 3.8) is 0 Å². The van der Waals surface area contributed by atoms with Crippen molar-refractivity contribution in [3.8, 4) is 0 Å². The van der Waals surface area contributed by atoms with Crippen LogP contribution in [0.5, 0.6) is 0 Å². The molecular weight excluding hydrogens is 297 g/mol. The highest BCUT2D eigenvalue weighted by atomic mass is 32.2. The Kier molecular flexibility index (Phi) is 5.86. The van der Waals surface area contributed by atoms with Crippen molar-refractivity contribution in [1.29, 1.82) is 0 Å². The Morgan fingerprint density at radius 1 is 1.29 bits per heavy atom. The molecule has 0 amide bonds. The minimum absolute atomic E-state index is 0.115. The zero-order chi connectivity index (χ0) is 16.2. The molecule has 0 saturated carbocycles. The van der Waals surface area contributed by atoms with Crippen LogP contribution in [-0.2, 0) is 19.6 Å². The molecule has 0 saturated heterocycles. The molecule has 1 aromatic carbocycles. The van der Waals surface area contributed by atoms with Gasteiger partial charge in [0.15, 0.2) is 0 Å². The molecular formula is C14H20FNO4S. The summed E-state index contributed by atoms with van der Waals surface area (Å²) in [4.78, 5) is 11.1. The van der Waals surface area contributed by atoms with Crippen LogP contribution in [0.1, 0.15) is 24.0 Å². The van der Waals surface area contributed by atoms with Crippen LogP contribution in [0, 0.1) is 19.7 Å². The van der Waals surface area contributed by atoms with Gasteiger partial charge in [-0.3, -0.25) is 4.79 Å². The van der Waals surface area contributed by atoms with E-state index in [9.17, 15) is 17.6 Å². The van der Waals surface area contributed by atoms with Crippen molar-refractivity contribution in [2.24, 2.45) is 0 Å². The van der Waals surface area contributed by atoms with Gasteiger partial charge >= 0.3 is 5.97 Å². The zero-order valence-electron chi connectivity index (χ0n) is 12.6. The molecule has 1 rings (SSSR count). The van der Waals surface area contributed by atoms with Crippen molar-refractivity contribution in [2.45, 2.75) is 31.6 Å². The Hall–Kier alpha value is -1.47. The van der Waals surface area contributed by atoms with E-state index >= 15 is 0 Å². The van der Waals surface area contributed by atoms with E-state index in [0.717, 1.165) is 0 Å². The van der Waals surface area contributed by atoms with E-state index in [1.54, 1.807) is 13.8 Å². The van der Waals surface area contributed by atoms with Gasteiger partial charge < -0.3 is 4.74 Å². The maximum absolute atomic E-state index is 13.3. The summed E-state index contributed by atoms with van der Waals surface area (Å²) >= 11 is 0. The predicted molar refractivity (Wildman–Crippen MR) is 76.9 cm³/mol. The van der Waals surface area contributed by atoms with E-state index in [-0.39, 0.29) is 23.8 Å². The number of sulfonamides is 1. The third-order valence-electron chi connectivity index (χ3n) is 3.17. The van der Waals surface area contributed by atoms with Crippen molar-refractivity contribution < 1.29 is 22.3 Å². The van der Waals surface area contributed by atoms with Gasteiger partial charge in [0.1, 0.15) is 5.82 Å². The first-order valence-corrected chi connectivity index (χ1v) is 7.94. The van der Waals surface area contributed by atoms with Crippen LogP contribution < -0.4 is 0 Å². The summed E-state index contributed by atoms with van der Waals surface area (Å²) < 4.78 is 44.0. The molecule has 0 aliphatic carbocycles. The van der Waals surface area contributed by atoms with Crippen LogP contribution in [0.3, 0.4) is 0 Å². The van der Waals surface area contributed by atoms with Gasteiger partial charge in [-0.25, -0.2) is 17.1 Å². The second-order valence-corrected chi connectivity index (χ2v) is 6.86. The van der Waals surface area contributed by atoms with Crippen LogP contribution in [0.4, 0.5) is 4.39 Å². The fourth-order valence-electron chi connectivity index (χ4n) is 2.13. The average molecular weight is 317 g/mol. The maximum atomic E-state index is 13.3. The topological polar surface area (TPSA) is 63.7 Å². The molecule has 0 heterocycles. The molecule has 0 aromatic heterocycles. The van der Waals surface area contributed by atoms with Gasteiger partial charge in [0, 0.05) is 20.0 Å². The maximum Gasteiger partial charge on any atom is 0.305 e. The Morgan fingerprint density at radius 2 is 1.81 bits per heavy atom. The summed E-state index contributed by atoms with van der Waals surface area (Å²) in [6.45, 7) is 3.31. The summed E-state index contributed by atoms with van der Waals surface area (Å²) in [7, 11) is -0.982. The highest BCUT2D eigenvalue weighted by Gasteiger charge is 2.25. The predicted octanol–water partition coefficient (Wildman–Crippen LogP) is 2.02. The van der Waals surface area contributed by atoms with Crippen LogP contribution in [0.15, 0.2) is 17.0 Å². The lowest BCUT2D eigenvalue weighted by atomic mass is 10.1. The van der Waals surface area contributed by atoms with Gasteiger partial charge in [0.25, 0.3) is 0 Å². The minimum atomic E-state index is -3.71. The number of rotatable bonds is 6. The third kappa shape index (κ3) is 4.25. The van der Waals surface area contributed by atoms with Crippen LogP contribution in [0.25, 0.3) is 0 Å². The van der Waals surface area contributed by atoms with E-state index < -0.39 is 15.8 Å². The molecule has 0 radical (unpaired) electrons. The lowest BCUT2D eigenvalue weighted by molar-refractivity contribution is -0.140. The number of halogens is 1. The fourth-order valence-corrected chi connectivity index (χ4v) is 3.74. The second kappa shape index (κ2) is 7.00. The van der Waals surface area contributed by atoms with Crippen molar-refractivity contribution >= 4 is 16.0 Å². The normalized spacial score (nSPS) is 11.7. The molecule has 5 nitrogen and oxygen atoms in total. The molecule has 0 bridgehead atoms. The Bertz CT molecular complexity index is 605. The number of esters is 1. The summed E-state index contributed by atoms with van der Waals surface area (Å²) in [5.74, 6) is -0.841. The van der Waals surface area contributed by atoms with E-state index in [4.69, 9.17) is 0 Å². The molecule has 0 atom stereocenters.